The fraction of sp³-hybridized carbons (Fsp3) is 0.250. The molecule has 0 spiro atoms. The Morgan fingerprint density at radius 1 is 1.50 bits per heavy atom. The van der Waals surface area contributed by atoms with Crippen LogP contribution in [0.5, 0.6) is 0 Å². The summed E-state index contributed by atoms with van der Waals surface area (Å²) in [6.45, 7) is 0. The van der Waals surface area contributed by atoms with E-state index in [1.165, 1.54) is 0 Å². The number of rotatable bonds is 5. The molecule has 0 radical (unpaired) electrons. The molecule has 0 amide bonds. The van der Waals surface area contributed by atoms with E-state index in [4.69, 9.17) is 10.7 Å². The Hall–Kier alpha value is -0.130. The van der Waals surface area contributed by atoms with Crippen molar-refractivity contribution in [2.45, 2.75) is 4.90 Å². The van der Waals surface area contributed by atoms with Crippen LogP contribution in [-0.4, -0.2) is 24.8 Å². The Bertz CT molecular complexity index is 581. The quantitative estimate of drug-likeness (QED) is 0.238. The summed E-state index contributed by atoms with van der Waals surface area (Å²) in [6.07, 6.45) is 0. The van der Waals surface area contributed by atoms with Gasteiger partial charge in [-0.15, -0.1) is 11.8 Å². The van der Waals surface area contributed by atoms with Crippen molar-refractivity contribution in [3.63, 3.8) is 0 Å². The third-order valence-electron chi connectivity index (χ3n) is 1.78. The van der Waals surface area contributed by atoms with Crippen LogP contribution in [0.2, 0.25) is 0 Å². The molecule has 0 fully saturated rings. The molecule has 0 aliphatic heterocycles. The van der Waals surface area contributed by atoms with Crippen molar-refractivity contribution in [1.82, 2.24) is 0 Å². The number of hydrogen-bond donors (Lipinski definition) is 0. The van der Waals surface area contributed by atoms with Gasteiger partial charge in [0, 0.05) is 22.5 Å². The topological polar surface area (TPSA) is 77.3 Å². The lowest BCUT2D eigenvalue weighted by atomic mass is 10.3. The van der Waals surface area contributed by atoms with Crippen molar-refractivity contribution < 1.29 is 17.7 Å². The van der Waals surface area contributed by atoms with Crippen LogP contribution in [0.15, 0.2) is 17.0 Å². The highest BCUT2D eigenvalue weighted by molar-refractivity contribution is 14.1. The van der Waals surface area contributed by atoms with Crippen LogP contribution in [0.1, 0.15) is 0 Å². The van der Waals surface area contributed by atoms with Gasteiger partial charge in [-0.2, -0.15) is 0 Å². The molecule has 1 aromatic carbocycles. The highest BCUT2D eigenvalue weighted by atomic mass is 127. The average Bonchev–Trinajstić information content (AvgIpc) is 2.20. The summed E-state index contributed by atoms with van der Waals surface area (Å²) in [7, 11) is 1.35. The molecule has 0 heterocycles. The molecule has 0 saturated heterocycles. The maximum Gasteiger partial charge on any atom is 0.284 e. The van der Waals surface area contributed by atoms with Gasteiger partial charge in [-0.05, 0) is 28.7 Å². The SMILES string of the molecule is O=[N+]([O-])c1cc(I)c(F)cc1SCCS(=O)(=O)Cl. The lowest BCUT2D eigenvalue weighted by molar-refractivity contribution is -0.387. The maximum absolute atomic E-state index is 13.3. The Kier molecular flexibility index (Phi) is 5.62. The second kappa shape index (κ2) is 6.35. The number of halogens is 3. The molecule has 0 aliphatic carbocycles. The predicted molar refractivity (Wildman–Crippen MR) is 76.1 cm³/mol. The van der Waals surface area contributed by atoms with Gasteiger partial charge in [0.1, 0.15) is 5.82 Å². The minimum Gasteiger partial charge on any atom is -0.258 e. The van der Waals surface area contributed by atoms with E-state index in [0.717, 1.165) is 23.9 Å². The first-order valence-electron chi connectivity index (χ1n) is 4.39. The third-order valence-corrected chi connectivity index (χ3v) is 5.07. The Balaban J connectivity index is 2.94. The summed E-state index contributed by atoms with van der Waals surface area (Å²) in [5, 5.41) is 10.8. The van der Waals surface area contributed by atoms with Crippen LogP contribution < -0.4 is 0 Å². The van der Waals surface area contributed by atoms with E-state index in [-0.39, 0.29) is 25.7 Å². The van der Waals surface area contributed by atoms with E-state index in [0.29, 0.717) is 0 Å². The minimum absolute atomic E-state index is 0.0205. The smallest absolute Gasteiger partial charge is 0.258 e. The van der Waals surface area contributed by atoms with Crippen LogP contribution in [0.3, 0.4) is 0 Å². The molecule has 0 saturated carbocycles. The normalized spacial score (nSPS) is 11.5. The van der Waals surface area contributed by atoms with Gasteiger partial charge < -0.3 is 0 Å². The number of nitro groups is 1. The van der Waals surface area contributed by atoms with Crippen molar-refractivity contribution in [2.24, 2.45) is 0 Å². The standard InChI is InChI=1S/C8H6ClFINO4S2/c9-18(15,16)2-1-17-8-3-5(10)6(11)4-7(8)12(13)14/h3-4H,1-2H2. The molecule has 18 heavy (non-hydrogen) atoms. The summed E-state index contributed by atoms with van der Waals surface area (Å²) in [6, 6.07) is 2.12. The molecule has 1 aromatic rings. The number of nitro benzene ring substituents is 1. The van der Waals surface area contributed by atoms with Crippen molar-refractivity contribution in [1.29, 1.82) is 0 Å². The van der Waals surface area contributed by atoms with Gasteiger partial charge in [0.2, 0.25) is 9.05 Å². The van der Waals surface area contributed by atoms with Crippen LogP contribution in [0.4, 0.5) is 10.1 Å². The summed E-state index contributed by atoms with van der Waals surface area (Å²) in [5.74, 6) is -0.908. The second-order valence-electron chi connectivity index (χ2n) is 3.08. The number of thioether (sulfide) groups is 1. The van der Waals surface area contributed by atoms with Gasteiger partial charge in [-0.25, -0.2) is 12.8 Å². The van der Waals surface area contributed by atoms with Gasteiger partial charge >= 0.3 is 0 Å². The molecule has 0 aromatic heterocycles. The average molecular weight is 426 g/mol. The summed E-state index contributed by atoms with van der Waals surface area (Å²) in [4.78, 5) is 10.2. The van der Waals surface area contributed by atoms with Gasteiger partial charge in [-0.1, -0.05) is 0 Å². The highest BCUT2D eigenvalue weighted by Crippen LogP contribution is 2.32. The fourth-order valence-corrected chi connectivity index (χ4v) is 3.86. The Labute approximate surface area is 125 Å². The molecule has 100 valence electrons. The molecule has 0 bridgehead atoms. The molecule has 0 N–H and O–H groups in total. The molecule has 0 atom stereocenters. The van der Waals surface area contributed by atoms with Crippen molar-refractivity contribution >= 4 is 59.8 Å². The summed E-state index contributed by atoms with van der Waals surface area (Å²) in [5.41, 5.74) is -0.252. The first kappa shape index (κ1) is 15.9. The largest absolute Gasteiger partial charge is 0.284 e. The van der Waals surface area contributed by atoms with E-state index in [1.54, 1.807) is 22.6 Å². The molecule has 10 heteroatoms. The van der Waals surface area contributed by atoms with E-state index in [9.17, 15) is 22.9 Å². The number of hydrogen-bond acceptors (Lipinski definition) is 5. The fourth-order valence-electron chi connectivity index (χ4n) is 1.03. The Morgan fingerprint density at radius 2 is 2.11 bits per heavy atom. The van der Waals surface area contributed by atoms with Crippen molar-refractivity contribution in [3.05, 3.63) is 31.6 Å². The number of nitrogens with zero attached hydrogens (tertiary/aromatic N) is 1. The van der Waals surface area contributed by atoms with E-state index >= 15 is 0 Å². The van der Waals surface area contributed by atoms with Crippen LogP contribution in [0.25, 0.3) is 0 Å². The Morgan fingerprint density at radius 3 is 2.61 bits per heavy atom. The number of benzene rings is 1. The summed E-state index contributed by atoms with van der Waals surface area (Å²) >= 11 is 2.52. The minimum atomic E-state index is -3.66. The lowest BCUT2D eigenvalue weighted by Gasteiger charge is -2.03. The third kappa shape index (κ3) is 4.86. The van der Waals surface area contributed by atoms with Crippen molar-refractivity contribution in [3.8, 4) is 0 Å². The first-order valence-corrected chi connectivity index (χ1v) is 8.93. The van der Waals surface area contributed by atoms with Crippen LogP contribution in [0, 0.1) is 19.5 Å². The predicted octanol–water partition coefficient (Wildman–Crippen LogP) is 3.00. The zero-order valence-electron chi connectivity index (χ0n) is 8.60. The van der Waals surface area contributed by atoms with E-state index < -0.39 is 19.8 Å². The van der Waals surface area contributed by atoms with Gasteiger partial charge in [0.05, 0.1) is 19.1 Å². The highest BCUT2D eigenvalue weighted by Gasteiger charge is 2.18. The molecule has 5 nitrogen and oxygen atoms in total. The molecule has 0 aliphatic rings. The first-order chi connectivity index (χ1) is 8.20. The van der Waals surface area contributed by atoms with E-state index in [2.05, 4.69) is 0 Å². The molecule has 1 rings (SSSR count). The van der Waals surface area contributed by atoms with Gasteiger partial charge in [0.15, 0.2) is 0 Å². The van der Waals surface area contributed by atoms with Crippen molar-refractivity contribution in [2.75, 3.05) is 11.5 Å². The van der Waals surface area contributed by atoms with Crippen LogP contribution >= 0.6 is 45.0 Å². The second-order valence-corrected chi connectivity index (χ2v) is 8.28. The lowest BCUT2D eigenvalue weighted by Crippen LogP contribution is -2.01. The molecule has 0 unspecified atom stereocenters. The van der Waals surface area contributed by atoms with Gasteiger partial charge in [0.25, 0.3) is 5.69 Å². The monoisotopic (exact) mass is 425 g/mol. The zero-order valence-corrected chi connectivity index (χ0v) is 13.1. The molecular formula is C8H6ClFINO4S2. The van der Waals surface area contributed by atoms with Crippen LogP contribution in [-0.2, 0) is 9.05 Å². The summed E-state index contributed by atoms with van der Waals surface area (Å²) < 4.78 is 34.8. The van der Waals surface area contributed by atoms with Gasteiger partial charge in [-0.3, -0.25) is 10.1 Å². The molecular weight excluding hydrogens is 420 g/mol. The zero-order chi connectivity index (χ0) is 13.9. The maximum atomic E-state index is 13.3. The van der Waals surface area contributed by atoms with E-state index in [1.807, 2.05) is 0 Å².